The lowest BCUT2D eigenvalue weighted by Crippen LogP contribution is -2.38. The standard InChI is InChI=1S/C23H16N8O3S/c1-29-20-13(10-28-29)9-26-12-18(20)31-22(32)21-17(30(23(31)33)5-3-4-24)7-19(35-21)15-6-14(34-2)11-27-16(15)8-25/h6-7,9-12H,3,5H2,1-2H3. The van der Waals surface area contributed by atoms with Crippen LogP contribution in [0.5, 0.6) is 5.75 Å². The van der Waals surface area contributed by atoms with Crippen LogP contribution in [0, 0.1) is 22.7 Å². The number of thiophene rings is 1. The van der Waals surface area contributed by atoms with Gasteiger partial charge in [0.15, 0.2) is 0 Å². The minimum absolute atomic E-state index is 0.0662. The molecule has 5 aromatic heterocycles. The van der Waals surface area contributed by atoms with Crippen LogP contribution in [0.15, 0.2) is 46.5 Å². The van der Waals surface area contributed by atoms with Crippen LogP contribution in [0.2, 0.25) is 0 Å². The summed E-state index contributed by atoms with van der Waals surface area (Å²) in [5, 5.41) is 23.6. The molecule has 0 unspecified atom stereocenters. The number of nitrogens with zero attached hydrogens (tertiary/aromatic N) is 8. The SMILES string of the molecule is COc1cnc(C#N)c(-c2cc3c(s2)c(=O)n(-c2cncc4cnn(C)c24)c(=O)n3CCC#N)c1. The maximum atomic E-state index is 13.7. The summed E-state index contributed by atoms with van der Waals surface area (Å²) in [6.45, 7) is 0.0819. The molecule has 5 aromatic rings. The molecule has 0 aliphatic carbocycles. The molecule has 5 rings (SSSR count). The Labute approximate surface area is 201 Å². The highest BCUT2D eigenvalue weighted by molar-refractivity contribution is 7.22. The fourth-order valence-corrected chi connectivity index (χ4v) is 5.09. The van der Waals surface area contributed by atoms with Crippen molar-refractivity contribution in [2.45, 2.75) is 13.0 Å². The molecule has 0 atom stereocenters. The number of hydrogen-bond acceptors (Lipinski definition) is 9. The number of pyridine rings is 2. The Balaban J connectivity index is 1.87. The summed E-state index contributed by atoms with van der Waals surface area (Å²) >= 11 is 1.14. The lowest BCUT2D eigenvalue weighted by atomic mass is 10.1. The van der Waals surface area contributed by atoms with Gasteiger partial charge in [0.05, 0.1) is 54.9 Å². The second-order valence-electron chi connectivity index (χ2n) is 7.56. The van der Waals surface area contributed by atoms with Crippen molar-refractivity contribution in [3.63, 3.8) is 0 Å². The normalized spacial score (nSPS) is 11.0. The smallest absolute Gasteiger partial charge is 0.336 e. The fourth-order valence-electron chi connectivity index (χ4n) is 3.98. The van der Waals surface area contributed by atoms with E-state index in [1.54, 1.807) is 36.3 Å². The molecule has 0 amide bonds. The molecule has 0 aliphatic rings. The number of fused-ring (bicyclic) bond motifs is 2. The van der Waals surface area contributed by atoms with Gasteiger partial charge in [-0.2, -0.15) is 15.6 Å². The summed E-state index contributed by atoms with van der Waals surface area (Å²) in [5.41, 5.74) is 0.762. The Morgan fingerprint density at radius 1 is 1.14 bits per heavy atom. The molecule has 12 heteroatoms. The summed E-state index contributed by atoms with van der Waals surface area (Å²) in [6, 6.07) is 7.43. The van der Waals surface area contributed by atoms with Gasteiger partial charge in [-0.3, -0.25) is 19.0 Å². The average Bonchev–Trinajstić information content (AvgIpc) is 3.48. The molecule has 0 aliphatic heterocycles. The van der Waals surface area contributed by atoms with E-state index in [2.05, 4.69) is 21.1 Å². The van der Waals surface area contributed by atoms with Crippen molar-refractivity contribution >= 4 is 32.5 Å². The highest BCUT2D eigenvalue weighted by Crippen LogP contribution is 2.35. The molecular formula is C23H16N8O3S. The summed E-state index contributed by atoms with van der Waals surface area (Å²) in [4.78, 5) is 36.2. The van der Waals surface area contributed by atoms with Crippen LogP contribution in [0.25, 0.3) is 37.2 Å². The van der Waals surface area contributed by atoms with Crippen molar-refractivity contribution in [1.82, 2.24) is 28.9 Å². The Hall–Kier alpha value is -4.81. The molecule has 0 saturated carbocycles. The third kappa shape index (κ3) is 3.44. The number of ether oxygens (including phenoxy) is 1. The maximum absolute atomic E-state index is 13.7. The van der Waals surface area contributed by atoms with Crippen LogP contribution in [0.3, 0.4) is 0 Å². The van der Waals surface area contributed by atoms with E-state index < -0.39 is 11.2 Å². The number of rotatable bonds is 5. The number of nitriles is 2. The molecule has 11 nitrogen and oxygen atoms in total. The molecule has 0 spiro atoms. The first-order valence-electron chi connectivity index (χ1n) is 10.4. The van der Waals surface area contributed by atoms with Gasteiger partial charge in [-0.15, -0.1) is 11.3 Å². The summed E-state index contributed by atoms with van der Waals surface area (Å²) in [5.74, 6) is 0.449. The molecule has 5 heterocycles. The van der Waals surface area contributed by atoms with Crippen molar-refractivity contribution in [1.29, 1.82) is 10.5 Å². The molecule has 0 fully saturated rings. The second kappa shape index (κ2) is 8.52. The lowest BCUT2D eigenvalue weighted by molar-refractivity contribution is 0.413. The second-order valence-corrected chi connectivity index (χ2v) is 8.61. The van der Waals surface area contributed by atoms with E-state index >= 15 is 0 Å². The van der Waals surface area contributed by atoms with E-state index in [4.69, 9.17) is 4.74 Å². The zero-order valence-corrected chi connectivity index (χ0v) is 19.4. The van der Waals surface area contributed by atoms with Crippen molar-refractivity contribution in [2.75, 3.05) is 7.11 Å². The number of aryl methyl sites for hydroxylation is 2. The van der Waals surface area contributed by atoms with Crippen molar-refractivity contribution < 1.29 is 4.74 Å². The van der Waals surface area contributed by atoms with Gasteiger partial charge in [-0.1, -0.05) is 0 Å². The van der Waals surface area contributed by atoms with E-state index in [9.17, 15) is 20.1 Å². The molecule has 0 radical (unpaired) electrons. The fraction of sp³-hybridized carbons (Fsp3) is 0.174. The van der Waals surface area contributed by atoms with Gasteiger partial charge in [-0.05, 0) is 12.1 Å². The molecule has 0 aromatic carbocycles. The lowest BCUT2D eigenvalue weighted by Gasteiger charge is -2.12. The minimum atomic E-state index is -0.595. The first-order valence-corrected chi connectivity index (χ1v) is 11.2. The van der Waals surface area contributed by atoms with E-state index in [0.29, 0.717) is 43.0 Å². The van der Waals surface area contributed by atoms with Gasteiger partial charge >= 0.3 is 5.69 Å². The topological polar surface area (TPSA) is 144 Å². The Morgan fingerprint density at radius 3 is 2.71 bits per heavy atom. The molecule has 0 bridgehead atoms. The van der Waals surface area contributed by atoms with Crippen LogP contribution in [-0.2, 0) is 13.6 Å². The molecule has 35 heavy (non-hydrogen) atoms. The first kappa shape index (κ1) is 22.0. The van der Waals surface area contributed by atoms with Crippen LogP contribution in [0.1, 0.15) is 12.1 Å². The number of methoxy groups -OCH3 is 1. The third-order valence-corrected chi connectivity index (χ3v) is 6.75. The third-order valence-electron chi connectivity index (χ3n) is 5.60. The average molecular weight is 485 g/mol. The minimum Gasteiger partial charge on any atom is -0.495 e. The summed E-state index contributed by atoms with van der Waals surface area (Å²) < 4.78 is 9.58. The van der Waals surface area contributed by atoms with Crippen LogP contribution < -0.4 is 16.0 Å². The van der Waals surface area contributed by atoms with Gasteiger partial charge < -0.3 is 4.74 Å². The van der Waals surface area contributed by atoms with Gasteiger partial charge in [0.1, 0.15) is 22.2 Å². The first-order chi connectivity index (χ1) is 17.0. The van der Waals surface area contributed by atoms with Gasteiger partial charge in [0, 0.05) is 35.6 Å². The van der Waals surface area contributed by atoms with E-state index in [1.807, 2.05) is 6.07 Å². The zero-order chi connectivity index (χ0) is 24.7. The Bertz CT molecular complexity index is 1830. The van der Waals surface area contributed by atoms with Gasteiger partial charge in [-0.25, -0.2) is 14.3 Å². The number of hydrogen-bond donors (Lipinski definition) is 0. The van der Waals surface area contributed by atoms with Crippen LogP contribution >= 0.6 is 11.3 Å². The summed E-state index contributed by atoms with van der Waals surface area (Å²) in [6.07, 6.45) is 6.16. The van der Waals surface area contributed by atoms with Crippen LogP contribution in [0.4, 0.5) is 0 Å². The summed E-state index contributed by atoms with van der Waals surface area (Å²) in [7, 11) is 3.20. The maximum Gasteiger partial charge on any atom is 0.336 e. The highest BCUT2D eigenvalue weighted by Gasteiger charge is 2.22. The van der Waals surface area contributed by atoms with E-state index in [1.165, 1.54) is 24.1 Å². The predicted octanol–water partition coefficient (Wildman–Crippen LogP) is 2.35. The Kier molecular flexibility index (Phi) is 5.35. The van der Waals surface area contributed by atoms with Crippen molar-refractivity contribution in [3.05, 3.63) is 63.5 Å². The van der Waals surface area contributed by atoms with Crippen molar-refractivity contribution in [3.8, 4) is 34.0 Å². The molecule has 172 valence electrons. The number of aromatic nitrogens is 6. The highest BCUT2D eigenvalue weighted by atomic mass is 32.1. The van der Waals surface area contributed by atoms with E-state index in [-0.39, 0.29) is 18.7 Å². The van der Waals surface area contributed by atoms with Gasteiger partial charge in [0.25, 0.3) is 5.56 Å². The molecular weight excluding hydrogens is 468 g/mol. The molecule has 0 N–H and O–H groups in total. The largest absolute Gasteiger partial charge is 0.495 e. The van der Waals surface area contributed by atoms with Crippen molar-refractivity contribution in [2.24, 2.45) is 7.05 Å². The Morgan fingerprint density at radius 2 is 1.97 bits per heavy atom. The van der Waals surface area contributed by atoms with E-state index in [0.717, 1.165) is 15.9 Å². The quantitative estimate of drug-likeness (QED) is 0.370. The predicted molar refractivity (Wildman–Crippen MR) is 128 cm³/mol. The monoisotopic (exact) mass is 484 g/mol. The van der Waals surface area contributed by atoms with Crippen LogP contribution in [-0.4, -0.2) is 36.0 Å². The molecule has 0 saturated heterocycles. The van der Waals surface area contributed by atoms with Gasteiger partial charge in [0.2, 0.25) is 0 Å². The zero-order valence-electron chi connectivity index (χ0n) is 18.6.